The van der Waals surface area contributed by atoms with Crippen molar-refractivity contribution >= 4 is 72.8 Å². The van der Waals surface area contributed by atoms with Gasteiger partial charge in [-0.05, 0) is 54.7 Å². The molecule has 0 radical (unpaired) electrons. The monoisotopic (exact) mass is 520 g/mol. The van der Waals surface area contributed by atoms with E-state index in [-0.39, 0.29) is 11.0 Å². The average Bonchev–Trinajstić information content (AvgIpc) is 3.31. The zero-order chi connectivity index (χ0) is 21.3. The maximum absolute atomic E-state index is 12.4. The Kier molecular flexibility index (Phi) is 6.09. The van der Waals surface area contributed by atoms with Crippen molar-refractivity contribution in [1.82, 2.24) is 25.1 Å². The second-order valence-electron chi connectivity index (χ2n) is 6.18. The van der Waals surface area contributed by atoms with E-state index in [1.807, 2.05) is 31.2 Å². The van der Waals surface area contributed by atoms with Gasteiger partial charge in [0.1, 0.15) is 5.01 Å². The second-order valence-corrected chi connectivity index (χ2v) is 8.87. The fraction of sp³-hybridized carbons (Fsp3) is 0.105. The van der Waals surface area contributed by atoms with Crippen LogP contribution in [0.4, 0.5) is 5.69 Å². The summed E-state index contributed by atoms with van der Waals surface area (Å²) >= 11 is 16.1. The van der Waals surface area contributed by atoms with E-state index in [0.29, 0.717) is 10.6 Å². The summed E-state index contributed by atoms with van der Waals surface area (Å²) in [5, 5.41) is 19.8. The lowest BCUT2D eigenvalue weighted by atomic mass is 10.2. The number of amides is 1. The molecule has 4 aromatic rings. The van der Waals surface area contributed by atoms with Crippen LogP contribution in [0.25, 0.3) is 15.5 Å². The van der Waals surface area contributed by atoms with Gasteiger partial charge in [-0.2, -0.15) is 9.61 Å². The molecule has 4 rings (SSSR count). The minimum Gasteiger partial charge on any atom is -0.332 e. The third-order valence-corrected chi connectivity index (χ3v) is 6.14. The fourth-order valence-corrected chi connectivity index (χ4v) is 4.33. The lowest BCUT2D eigenvalue weighted by molar-refractivity contribution is 0.0978. The largest absolute Gasteiger partial charge is 0.332 e. The molecule has 2 heterocycles. The van der Waals surface area contributed by atoms with E-state index in [1.54, 1.807) is 22.7 Å². The van der Waals surface area contributed by atoms with Gasteiger partial charge in [-0.25, -0.2) is 0 Å². The topological polar surface area (TPSA) is 84.2 Å². The van der Waals surface area contributed by atoms with Crippen LogP contribution in [0, 0.1) is 0 Å². The molecule has 0 atom stereocenters. The van der Waals surface area contributed by atoms with Crippen LogP contribution in [-0.2, 0) is 6.42 Å². The number of carbonyl (C=O) groups is 1. The average molecular weight is 522 g/mol. The van der Waals surface area contributed by atoms with Crippen LogP contribution in [-0.4, -0.2) is 30.8 Å². The molecular weight excluding hydrogens is 508 g/mol. The standard InChI is InChI=1S/C19H14BrClN6OS2/c1-2-15-24-25-19-27(15)26-17(30-19)10-3-6-12(7-4-10)22-18(29)23-16(28)13-9-11(20)5-8-14(13)21/h3-9H,2H2,1H3,(H2,22,23,28,29). The first-order chi connectivity index (χ1) is 14.4. The predicted octanol–water partition coefficient (Wildman–Crippen LogP) is 4.96. The van der Waals surface area contributed by atoms with Crippen LogP contribution < -0.4 is 10.6 Å². The van der Waals surface area contributed by atoms with Crippen LogP contribution in [0.5, 0.6) is 0 Å². The third kappa shape index (κ3) is 4.36. The van der Waals surface area contributed by atoms with Crippen molar-refractivity contribution in [3.05, 3.63) is 63.3 Å². The summed E-state index contributed by atoms with van der Waals surface area (Å²) in [5.74, 6) is 0.444. The Hall–Kier alpha value is -2.40. The number of rotatable bonds is 4. The van der Waals surface area contributed by atoms with Gasteiger partial charge in [0.25, 0.3) is 5.91 Å². The molecule has 152 valence electrons. The highest BCUT2D eigenvalue weighted by Crippen LogP contribution is 2.27. The van der Waals surface area contributed by atoms with Crippen LogP contribution in [0.2, 0.25) is 5.02 Å². The van der Waals surface area contributed by atoms with E-state index in [2.05, 4.69) is 41.9 Å². The first kappa shape index (κ1) is 20.9. The van der Waals surface area contributed by atoms with Crippen LogP contribution in [0.1, 0.15) is 23.1 Å². The molecule has 7 nitrogen and oxygen atoms in total. The number of benzene rings is 2. The van der Waals surface area contributed by atoms with Gasteiger partial charge in [0, 0.05) is 22.1 Å². The van der Waals surface area contributed by atoms with Crippen LogP contribution in [0.15, 0.2) is 46.9 Å². The Morgan fingerprint density at radius 1 is 1.23 bits per heavy atom. The SMILES string of the molecule is CCc1nnc2sc(-c3ccc(NC(=S)NC(=O)c4cc(Br)ccc4Cl)cc3)nn12. The van der Waals surface area contributed by atoms with Gasteiger partial charge in [-0.15, -0.1) is 10.2 Å². The van der Waals surface area contributed by atoms with Gasteiger partial charge in [0.2, 0.25) is 4.96 Å². The van der Waals surface area contributed by atoms with Crippen molar-refractivity contribution in [3.63, 3.8) is 0 Å². The summed E-state index contributed by atoms with van der Waals surface area (Å²) in [6, 6.07) is 12.6. The summed E-state index contributed by atoms with van der Waals surface area (Å²) in [7, 11) is 0. The number of hydrogen-bond donors (Lipinski definition) is 2. The molecule has 30 heavy (non-hydrogen) atoms. The number of hydrogen-bond acceptors (Lipinski definition) is 6. The molecule has 11 heteroatoms. The number of nitrogens with zero attached hydrogens (tertiary/aromatic N) is 4. The maximum atomic E-state index is 12.4. The van der Waals surface area contributed by atoms with Gasteiger partial charge < -0.3 is 5.32 Å². The van der Waals surface area contributed by atoms with Crippen LogP contribution in [0.3, 0.4) is 0 Å². The van der Waals surface area contributed by atoms with Gasteiger partial charge in [-0.3, -0.25) is 10.1 Å². The summed E-state index contributed by atoms with van der Waals surface area (Å²) < 4.78 is 2.52. The molecule has 2 aromatic heterocycles. The highest BCUT2D eigenvalue weighted by molar-refractivity contribution is 9.10. The normalized spacial score (nSPS) is 10.9. The molecule has 0 saturated carbocycles. The van der Waals surface area contributed by atoms with Crippen LogP contribution >= 0.6 is 51.1 Å². The smallest absolute Gasteiger partial charge is 0.258 e. The minimum atomic E-state index is -0.387. The summed E-state index contributed by atoms with van der Waals surface area (Å²) in [6.45, 7) is 2.02. The molecule has 0 unspecified atom stereocenters. The molecule has 0 aliphatic rings. The van der Waals surface area contributed by atoms with E-state index in [4.69, 9.17) is 23.8 Å². The summed E-state index contributed by atoms with van der Waals surface area (Å²) in [4.78, 5) is 13.2. The third-order valence-electron chi connectivity index (χ3n) is 4.16. The highest BCUT2D eigenvalue weighted by atomic mass is 79.9. The Labute approximate surface area is 194 Å². The molecule has 1 amide bonds. The Morgan fingerprint density at radius 2 is 2.00 bits per heavy atom. The van der Waals surface area contributed by atoms with Crippen molar-refractivity contribution in [1.29, 1.82) is 0 Å². The summed E-state index contributed by atoms with van der Waals surface area (Å²) in [6.07, 6.45) is 0.765. The number of nitrogens with one attached hydrogen (secondary N) is 2. The van der Waals surface area contributed by atoms with Gasteiger partial charge in [0.05, 0.1) is 10.6 Å². The Morgan fingerprint density at radius 3 is 2.73 bits per heavy atom. The number of halogens is 2. The minimum absolute atomic E-state index is 0.176. The molecule has 2 aromatic carbocycles. The molecule has 0 saturated heterocycles. The van der Waals surface area contributed by atoms with Crippen molar-refractivity contribution < 1.29 is 4.79 Å². The van der Waals surface area contributed by atoms with Crippen molar-refractivity contribution in [2.75, 3.05) is 5.32 Å². The lowest BCUT2D eigenvalue weighted by Crippen LogP contribution is -2.34. The molecule has 0 aliphatic heterocycles. The van der Waals surface area contributed by atoms with Crippen molar-refractivity contribution in [2.45, 2.75) is 13.3 Å². The van der Waals surface area contributed by atoms with Crippen molar-refractivity contribution in [3.8, 4) is 10.6 Å². The second kappa shape index (κ2) is 8.76. The number of thiocarbonyl (C=S) groups is 1. The Balaban J connectivity index is 1.43. The molecular formula is C19H14BrClN6OS2. The number of aromatic nitrogens is 4. The lowest BCUT2D eigenvalue weighted by Gasteiger charge is -2.11. The van der Waals surface area contributed by atoms with E-state index in [0.717, 1.165) is 37.9 Å². The molecule has 0 spiro atoms. The van der Waals surface area contributed by atoms with Crippen molar-refractivity contribution in [2.24, 2.45) is 0 Å². The molecule has 0 fully saturated rings. The van der Waals surface area contributed by atoms with Gasteiger partial charge >= 0.3 is 0 Å². The van der Waals surface area contributed by atoms with E-state index in [9.17, 15) is 4.79 Å². The molecule has 0 aliphatic carbocycles. The Bertz CT molecular complexity index is 1250. The van der Waals surface area contributed by atoms with Gasteiger partial charge in [0.15, 0.2) is 10.9 Å². The summed E-state index contributed by atoms with van der Waals surface area (Å²) in [5.41, 5.74) is 2.02. The van der Waals surface area contributed by atoms with E-state index >= 15 is 0 Å². The molecule has 2 N–H and O–H groups in total. The van der Waals surface area contributed by atoms with E-state index in [1.165, 1.54) is 11.3 Å². The van der Waals surface area contributed by atoms with E-state index < -0.39 is 0 Å². The first-order valence-electron chi connectivity index (χ1n) is 8.83. The number of fused-ring (bicyclic) bond motifs is 1. The maximum Gasteiger partial charge on any atom is 0.258 e. The number of carbonyl (C=O) groups excluding carboxylic acids is 1. The first-order valence-corrected chi connectivity index (χ1v) is 11.2. The quantitative estimate of drug-likeness (QED) is 0.369. The predicted molar refractivity (Wildman–Crippen MR) is 126 cm³/mol. The number of aryl methyl sites for hydroxylation is 1. The zero-order valence-electron chi connectivity index (χ0n) is 15.5. The number of anilines is 1. The molecule has 0 bridgehead atoms. The zero-order valence-corrected chi connectivity index (χ0v) is 19.5. The highest BCUT2D eigenvalue weighted by Gasteiger charge is 2.14. The van der Waals surface area contributed by atoms with Gasteiger partial charge in [-0.1, -0.05) is 45.8 Å². The fourth-order valence-electron chi connectivity index (χ4n) is 2.70.